The van der Waals surface area contributed by atoms with Crippen molar-refractivity contribution in [2.45, 2.75) is 52.5 Å². The molecule has 0 atom stereocenters. The van der Waals surface area contributed by atoms with Crippen LogP contribution >= 0.6 is 0 Å². The molecule has 0 saturated heterocycles. The molecule has 0 bridgehead atoms. The molecule has 3 N–H and O–H groups in total. The van der Waals surface area contributed by atoms with Gasteiger partial charge < -0.3 is 4.90 Å². The average molecular weight is 215 g/mol. The molecule has 0 spiro atoms. The van der Waals surface area contributed by atoms with Gasteiger partial charge in [-0.2, -0.15) is 0 Å². The van der Waals surface area contributed by atoms with E-state index < -0.39 is 0 Å². The van der Waals surface area contributed by atoms with Gasteiger partial charge in [-0.05, 0) is 46.2 Å². The van der Waals surface area contributed by atoms with Crippen molar-refractivity contribution in [1.29, 1.82) is 0 Å². The molecule has 0 aliphatic heterocycles. The summed E-state index contributed by atoms with van der Waals surface area (Å²) in [5.74, 6) is 4.93. The third kappa shape index (κ3) is 7.33. The lowest BCUT2D eigenvalue weighted by atomic mass is 10.2. The second-order valence-electron chi connectivity index (χ2n) is 4.15. The van der Waals surface area contributed by atoms with E-state index in [-0.39, 0.29) is 5.91 Å². The van der Waals surface area contributed by atoms with Crippen molar-refractivity contribution >= 4 is 5.91 Å². The van der Waals surface area contributed by atoms with Gasteiger partial charge in [-0.1, -0.05) is 6.92 Å². The minimum absolute atomic E-state index is 0.0680. The van der Waals surface area contributed by atoms with Gasteiger partial charge in [0.1, 0.15) is 0 Å². The fourth-order valence-electron chi connectivity index (χ4n) is 1.59. The number of unbranched alkanes of at least 4 members (excludes halogenated alkanes) is 1. The second kappa shape index (κ2) is 8.68. The van der Waals surface area contributed by atoms with E-state index in [1.807, 2.05) is 0 Å². The van der Waals surface area contributed by atoms with Crippen LogP contribution < -0.4 is 11.3 Å². The zero-order valence-corrected chi connectivity index (χ0v) is 10.3. The molecule has 0 aromatic rings. The summed E-state index contributed by atoms with van der Waals surface area (Å²) in [6.07, 6.45) is 3.69. The molecular weight excluding hydrogens is 190 g/mol. The van der Waals surface area contributed by atoms with E-state index in [1.54, 1.807) is 0 Å². The number of carbonyl (C=O) groups excluding carboxylic acids is 1. The maximum absolute atomic E-state index is 10.9. The first kappa shape index (κ1) is 14.4. The molecule has 0 aromatic heterocycles. The van der Waals surface area contributed by atoms with Gasteiger partial charge in [-0.25, -0.2) is 5.84 Å². The van der Waals surface area contributed by atoms with Crippen molar-refractivity contribution in [3.05, 3.63) is 0 Å². The van der Waals surface area contributed by atoms with E-state index in [0.29, 0.717) is 12.5 Å². The van der Waals surface area contributed by atoms with E-state index in [0.717, 1.165) is 25.9 Å². The maximum Gasteiger partial charge on any atom is 0.233 e. The maximum atomic E-state index is 10.9. The smallest absolute Gasteiger partial charge is 0.233 e. The fourth-order valence-corrected chi connectivity index (χ4v) is 1.59. The summed E-state index contributed by atoms with van der Waals surface area (Å²) >= 11 is 0. The van der Waals surface area contributed by atoms with Crippen molar-refractivity contribution in [3.63, 3.8) is 0 Å². The molecule has 0 rings (SSSR count). The summed E-state index contributed by atoms with van der Waals surface area (Å²) in [4.78, 5) is 13.3. The molecule has 0 saturated carbocycles. The first-order chi connectivity index (χ1) is 7.11. The minimum atomic E-state index is -0.0680. The Morgan fingerprint density at radius 2 is 2.00 bits per heavy atom. The Morgan fingerprint density at radius 3 is 2.47 bits per heavy atom. The highest BCUT2D eigenvalue weighted by molar-refractivity contribution is 5.74. The monoisotopic (exact) mass is 215 g/mol. The van der Waals surface area contributed by atoms with Crippen molar-refractivity contribution in [2.75, 3.05) is 13.1 Å². The van der Waals surface area contributed by atoms with Gasteiger partial charge in [-0.3, -0.25) is 10.2 Å². The fraction of sp³-hybridized carbons (Fsp3) is 0.909. The Hall–Kier alpha value is -0.610. The Morgan fingerprint density at radius 1 is 1.33 bits per heavy atom. The van der Waals surface area contributed by atoms with Gasteiger partial charge in [0.05, 0.1) is 0 Å². The Balaban J connectivity index is 3.57. The van der Waals surface area contributed by atoms with Gasteiger partial charge >= 0.3 is 0 Å². The summed E-state index contributed by atoms with van der Waals surface area (Å²) in [7, 11) is 0. The number of amides is 1. The largest absolute Gasteiger partial charge is 0.301 e. The zero-order valence-electron chi connectivity index (χ0n) is 10.3. The van der Waals surface area contributed by atoms with Crippen LogP contribution in [0, 0.1) is 0 Å². The molecule has 0 radical (unpaired) electrons. The molecule has 0 aromatic carbocycles. The highest BCUT2D eigenvalue weighted by Crippen LogP contribution is 2.04. The molecule has 0 aliphatic carbocycles. The lowest BCUT2D eigenvalue weighted by Crippen LogP contribution is -2.33. The predicted octanol–water partition coefficient (Wildman–Crippen LogP) is 1.27. The van der Waals surface area contributed by atoms with Crippen LogP contribution in [0.2, 0.25) is 0 Å². The summed E-state index contributed by atoms with van der Waals surface area (Å²) in [5.41, 5.74) is 2.15. The lowest BCUT2D eigenvalue weighted by Gasteiger charge is -2.25. The van der Waals surface area contributed by atoms with Crippen LogP contribution in [0.1, 0.15) is 46.5 Å². The molecule has 15 heavy (non-hydrogen) atoms. The number of hydrazine groups is 1. The molecule has 4 nitrogen and oxygen atoms in total. The number of nitrogens with one attached hydrogen (secondary N) is 1. The van der Waals surface area contributed by atoms with Crippen LogP contribution in [0.4, 0.5) is 0 Å². The van der Waals surface area contributed by atoms with Crippen LogP contribution in [0.15, 0.2) is 0 Å². The molecule has 0 heterocycles. The summed E-state index contributed by atoms with van der Waals surface area (Å²) in [6, 6.07) is 0.591. The van der Waals surface area contributed by atoms with Crippen LogP contribution in [0.3, 0.4) is 0 Å². The molecule has 90 valence electrons. The quantitative estimate of drug-likeness (QED) is 0.277. The standard InChI is InChI=1S/C11H25N3O/c1-4-8-14(10(2)3)9-6-5-7-11(15)13-12/h10H,4-9,12H2,1-3H3,(H,13,15). The minimum Gasteiger partial charge on any atom is -0.301 e. The third-order valence-corrected chi connectivity index (χ3v) is 2.50. The second-order valence-corrected chi connectivity index (χ2v) is 4.15. The molecule has 0 aliphatic rings. The van der Waals surface area contributed by atoms with Gasteiger partial charge in [-0.15, -0.1) is 0 Å². The topological polar surface area (TPSA) is 58.4 Å². The van der Waals surface area contributed by atoms with Gasteiger partial charge in [0.15, 0.2) is 0 Å². The van der Waals surface area contributed by atoms with E-state index in [9.17, 15) is 4.79 Å². The van der Waals surface area contributed by atoms with Crippen LogP contribution in [0.25, 0.3) is 0 Å². The first-order valence-electron chi connectivity index (χ1n) is 5.85. The number of nitrogens with two attached hydrogens (primary N) is 1. The highest BCUT2D eigenvalue weighted by Gasteiger charge is 2.07. The first-order valence-corrected chi connectivity index (χ1v) is 5.85. The highest BCUT2D eigenvalue weighted by atomic mass is 16.2. The van der Waals surface area contributed by atoms with E-state index in [4.69, 9.17) is 5.84 Å². The molecular formula is C11H25N3O. The van der Waals surface area contributed by atoms with Crippen molar-refractivity contribution in [1.82, 2.24) is 10.3 Å². The number of carbonyl (C=O) groups is 1. The average Bonchev–Trinajstić information content (AvgIpc) is 2.21. The third-order valence-electron chi connectivity index (χ3n) is 2.50. The molecule has 0 unspecified atom stereocenters. The van der Waals surface area contributed by atoms with Crippen LogP contribution in [-0.2, 0) is 4.79 Å². The van der Waals surface area contributed by atoms with Crippen molar-refractivity contribution in [2.24, 2.45) is 5.84 Å². The normalized spacial score (nSPS) is 11.1. The summed E-state index contributed by atoms with van der Waals surface area (Å²) in [6.45, 7) is 8.83. The number of hydrogen-bond acceptors (Lipinski definition) is 3. The summed E-state index contributed by atoms with van der Waals surface area (Å²) in [5, 5.41) is 0. The van der Waals surface area contributed by atoms with E-state index in [1.165, 1.54) is 6.42 Å². The lowest BCUT2D eigenvalue weighted by molar-refractivity contribution is -0.121. The number of nitrogens with zero attached hydrogens (tertiary/aromatic N) is 1. The van der Waals surface area contributed by atoms with Gasteiger partial charge in [0, 0.05) is 12.5 Å². The van der Waals surface area contributed by atoms with Crippen LogP contribution in [0.5, 0.6) is 0 Å². The van der Waals surface area contributed by atoms with E-state index in [2.05, 4.69) is 31.1 Å². The van der Waals surface area contributed by atoms with Crippen LogP contribution in [-0.4, -0.2) is 29.9 Å². The molecule has 1 amide bonds. The predicted molar refractivity (Wildman–Crippen MR) is 63.2 cm³/mol. The SMILES string of the molecule is CCCN(CCCCC(=O)NN)C(C)C. The van der Waals surface area contributed by atoms with E-state index >= 15 is 0 Å². The van der Waals surface area contributed by atoms with Gasteiger partial charge in [0.25, 0.3) is 0 Å². The molecule has 0 fully saturated rings. The van der Waals surface area contributed by atoms with Crippen molar-refractivity contribution < 1.29 is 4.79 Å². The van der Waals surface area contributed by atoms with Crippen molar-refractivity contribution in [3.8, 4) is 0 Å². The Bertz CT molecular complexity index is 171. The summed E-state index contributed by atoms with van der Waals surface area (Å²) < 4.78 is 0. The van der Waals surface area contributed by atoms with Gasteiger partial charge in [0.2, 0.25) is 5.91 Å². The molecule has 4 heteroatoms. The Labute approximate surface area is 93.2 Å². The number of hydrogen-bond donors (Lipinski definition) is 2. The zero-order chi connectivity index (χ0) is 11.7. The number of rotatable bonds is 8. The Kier molecular flexibility index (Phi) is 8.33.